The first-order valence-corrected chi connectivity index (χ1v) is 3.46. The third kappa shape index (κ3) is 1.41. The Morgan fingerprint density at radius 3 is 2.50 bits per heavy atom. The van der Waals surface area contributed by atoms with E-state index in [0.29, 0.717) is 5.16 Å². The summed E-state index contributed by atoms with van der Waals surface area (Å²) in [6.45, 7) is 4.27. The van der Waals surface area contributed by atoms with Crippen LogP contribution in [0.15, 0.2) is 0 Å². The fourth-order valence-electron chi connectivity index (χ4n) is 1.02. The number of hydrogen-bond acceptors (Lipinski definition) is 2. The molecule has 0 aromatic heterocycles. The van der Waals surface area contributed by atoms with Crippen molar-refractivity contribution in [2.24, 2.45) is 5.84 Å². The molecule has 0 radical (unpaired) electrons. The van der Waals surface area contributed by atoms with Gasteiger partial charge >= 0.3 is 0 Å². The van der Waals surface area contributed by atoms with Crippen molar-refractivity contribution >= 4 is 9.24 Å². The van der Waals surface area contributed by atoms with Gasteiger partial charge in [-0.05, 0) is 11.6 Å². The van der Waals surface area contributed by atoms with Crippen molar-refractivity contribution in [1.29, 1.82) is 0 Å². The van der Waals surface area contributed by atoms with E-state index in [9.17, 15) is 0 Å². The standard InChI is InChI=1S/C5H13N2P/c1-5(8)2-3-7(6)4-5/h2-4,6,8H2,1H3. The molecule has 1 aliphatic heterocycles. The Hall–Kier alpha value is 0.350. The van der Waals surface area contributed by atoms with Gasteiger partial charge in [-0.2, -0.15) is 0 Å². The van der Waals surface area contributed by atoms with Crippen LogP contribution in [0.4, 0.5) is 0 Å². The summed E-state index contributed by atoms with van der Waals surface area (Å²) in [5.74, 6) is 5.53. The smallest absolute Gasteiger partial charge is 0.0217 e. The first kappa shape index (κ1) is 6.47. The van der Waals surface area contributed by atoms with Gasteiger partial charge in [0.05, 0.1) is 0 Å². The Balaban J connectivity index is 2.44. The molecule has 1 rings (SSSR count). The maximum atomic E-state index is 5.53. The zero-order valence-corrected chi connectivity index (χ0v) is 6.38. The molecule has 3 heteroatoms. The van der Waals surface area contributed by atoms with Gasteiger partial charge in [0.1, 0.15) is 0 Å². The van der Waals surface area contributed by atoms with Gasteiger partial charge in [0, 0.05) is 13.1 Å². The maximum Gasteiger partial charge on any atom is 0.0217 e. The van der Waals surface area contributed by atoms with Crippen LogP contribution in [-0.2, 0) is 0 Å². The fourth-order valence-corrected chi connectivity index (χ4v) is 1.38. The van der Waals surface area contributed by atoms with E-state index >= 15 is 0 Å². The highest BCUT2D eigenvalue weighted by molar-refractivity contribution is 7.19. The second kappa shape index (κ2) is 1.94. The number of rotatable bonds is 0. The van der Waals surface area contributed by atoms with Crippen LogP contribution in [0.3, 0.4) is 0 Å². The lowest BCUT2D eigenvalue weighted by atomic mass is 10.1. The molecule has 0 amide bonds. The van der Waals surface area contributed by atoms with Crippen LogP contribution in [0.2, 0.25) is 0 Å². The molecule has 2 N–H and O–H groups in total. The maximum absolute atomic E-state index is 5.53. The van der Waals surface area contributed by atoms with E-state index in [1.807, 2.05) is 5.01 Å². The van der Waals surface area contributed by atoms with E-state index in [4.69, 9.17) is 5.84 Å². The third-order valence-electron chi connectivity index (χ3n) is 1.53. The van der Waals surface area contributed by atoms with Crippen LogP contribution in [0.1, 0.15) is 13.3 Å². The van der Waals surface area contributed by atoms with Crippen LogP contribution < -0.4 is 5.84 Å². The summed E-state index contributed by atoms with van der Waals surface area (Å²) >= 11 is 0. The summed E-state index contributed by atoms with van der Waals surface area (Å²) in [6.07, 6.45) is 1.20. The van der Waals surface area contributed by atoms with Crippen LogP contribution in [0, 0.1) is 0 Å². The van der Waals surface area contributed by atoms with E-state index in [0.717, 1.165) is 13.1 Å². The summed E-state index contributed by atoms with van der Waals surface area (Å²) in [6, 6.07) is 0. The number of hydrogen-bond donors (Lipinski definition) is 1. The molecule has 0 aromatic carbocycles. The van der Waals surface area contributed by atoms with Gasteiger partial charge in [-0.3, -0.25) is 5.84 Å². The van der Waals surface area contributed by atoms with Crippen molar-refractivity contribution in [3.05, 3.63) is 0 Å². The van der Waals surface area contributed by atoms with Crippen molar-refractivity contribution in [3.63, 3.8) is 0 Å². The first-order valence-electron chi connectivity index (χ1n) is 2.89. The van der Waals surface area contributed by atoms with Crippen molar-refractivity contribution in [2.45, 2.75) is 18.5 Å². The van der Waals surface area contributed by atoms with Crippen molar-refractivity contribution < 1.29 is 0 Å². The molecule has 2 unspecified atom stereocenters. The highest BCUT2D eigenvalue weighted by Gasteiger charge is 2.26. The highest BCUT2D eigenvalue weighted by Crippen LogP contribution is 2.27. The largest absolute Gasteiger partial charge is 0.269 e. The monoisotopic (exact) mass is 132 g/mol. The highest BCUT2D eigenvalue weighted by atomic mass is 31.0. The molecule has 2 nitrogen and oxygen atoms in total. The fraction of sp³-hybridized carbons (Fsp3) is 1.00. The first-order chi connectivity index (χ1) is 3.60. The molecular weight excluding hydrogens is 119 g/mol. The minimum absolute atomic E-state index is 0.384. The zero-order valence-electron chi connectivity index (χ0n) is 5.22. The van der Waals surface area contributed by atoms with Gasteiger partial charge < -0.3 is 0 Å². The van der Waals surface area contributed by atoms with Crippen molar-refractivity contribution in [3.8, 4) is 0 Å². The molecule has 0 aliphatic carbocycles. The molecule has 0 bridgehead atoms. The van der Waals surface area contributed by atoms with E-state index in [1.165, 1.54) is 6.42 Å². The predicted molar refractivity (Wildman–Crippen MR) is 38.5 cm³/mol. The summed E-state index contributed by atoms with van der Waals surface area (Å²) in [4.78, 5) is 0. The predicted octanol–water partition coefficient (Wildman–Crippen LogP) is 0.200. The molecule has 1 fully saturated rings. The average molecular weight is 132 g/mol. The molecule has 2 atom stereocenters. The molecule has 0 saturated carbocycles. The Morgan fingerprint density at radius 1 is 1.75 bits per heavy atom. The Morgan fingerprint density at radius 2 is 2.38 bits per heavy atom. The minimum atomic E-state index is 0.384. The van der Waals surface area contributed by atoms with Gasteiger partial charge in [0.2, 0.25) is 0 Å². The Bertz CT molecular complexity index is 92.4. The Kier molecular flexibility index (Phi) is 1.57. The quantitative estimate of drug-likeness (QED) is 0.377. The van der Waals surface area contributed by atoms with Gasteiger partial charge in [-0.1, -0.05) is 6.92 Å². The molecule has 1 heterocycles. The van der Waals surface area contributed by atoms with Gasteiger partial charge in [-0.25, -0.2) is 5.01 Å². The normalized spacial score (nSPS) is 40.9. The van der Waals surface area contributed by atoms with Crippen LogP contribution >= 0.6 is 9.24 Å². The minimum Gasteiger partial charge on any atom is -0.269 e. The third-order valence-corrected chi connectivity index (χ3v) is 2.01. The number of nitrogens with two attached hydrogens (primary N) is 1. The molecular formula is C5H13N2P. The van der Waals surface area contributed by atoms with E-state index in [-0.39, 0.29) is 0 Å². The van der Waals surface area contributed by atoms with E-state index in [1.54, 1.807) is 0 Å². The van der Waals surface area contributed by atoms with Crippen molar-refractivity contribution in [2.75, 3.05) is 13.1 Å². The topological polar surface area (TPSA) is 29.3 Å². The summed E-state index contributed by atoms with van der Waals surface area (Å²) < 4.78 is 0. The van der Waals surface area contributed by atoms with Gasteiger partial charge in [0.25, 0.3) is 0 Å². The van der Waals surface area contributed by atoms with Crippen LogP contribution in [0.5, 0.6) is 0 Å². The van der Waals surface area contributed by atoms with E-state index < -0.39 is 0 Å². The number of hydrazine groups is 1. The molecule has 48 valence electrons. The molecule has 0 spiro atoms. The average Bonchev–Trinajstić information content (AvgIpc) is 1.82. The SMILES string of the molecule is CC1(P)CCN(N)C1. The van der Waals surface area contributed by atoms with Gasteiger partial charge in [0.15, 0.2) is 0 Å². The second-order valence-electron chi connectivity index (χ2n) is 2.87. The lowest BCUT2D eigenvalue weighted by molar-refractivity contribution is 0.347. The number of nitrogens with zero attached hydrogens (tertiary/aromatic N) is 1. The molecule has 1 aliphatic rings. The summed E-state index contributed by atoms with van der Waals surface area (Å²) in [7, 11) is 2.83. The lowest BCUT2D eigenvalue weighted by Gasteiger charge is -2.15. The van der Waals surface area contributed by atoms with Crippen LogP contribution in [-0.4, -0.2) is 23.3 Å². The Labute approximate surface area is 52.6 Å². The molecule has 0 aromatic rings. The van der Waals surface area contributed by atoms with Crippen LogP contribution in [0.25, 0.3) is 0 Å². The van der Waals surface area contributed by atoms with Crippen molar-refractivity contribution in [1.82, 2.24) is 5.01 Å². The van der Waals surface area contributed by atoms with Gasteiger partial charge in [-0.15, -0.1) is 9.24 Å². The zero-order chi connectivity index (χ0) is 6.20. The van der Waals surface area contributed by atoms with E-state index in [2.05, 4.69) is 16.2 Å². The summed E-state index contributed by atoms with van der Waals surface area (Å²) in [5.41, 5.74) is 0. The lowest BCUT2D eigenvalue weighted by Crippen LogP contribution is -2.30. The second-order valence-corrected chi connectivity index (χ2v) is 4.27. The molecule has 1 saturated heterocycles. The molecule has 8 heavy (non-hydrogen) atoms. The summed E-state index contributed by atoms with van der Waals surface area (Å²) in [5, 5.41) is 2.25.